The lowest BCUT2D eigenvalue weighted by Gasteiger charge is -2.24. The summed E-state index contributed by atoms with van der Waals surface area (Å²) in [5, 5.41) is 14.9. The second kappa shape index (κ2) is 9.45. The number of anilines is 1. The van der Waals surface area contributed by atoms with Crippen molar-refractivity contribution in [1.82, 2.24) is 0 Å². The van der Waals surface area contributed by atoms with E-state index in [1.807, 2.05) is 61.5 Å². The molecule has 0 saturated heterocycles. The maximum absolute atomic E-state index is 10.7. The number of hydrogen-bond acceptors (Lipinski definition) is 3. The van der Waals surface area contributed by atoms with Crippen LogP contribution in [0.2, 0.25) is 5.02 Å². The van der Waals surface area contributed by atoms with E-state index in [1.165, 1.54) is 0 Å². The van der Waals surface area contributed by atoms with Crippen LogP contribution in [0, 0.1) is 0 Å². The van der Waals surface area contributed by atoms with Crippen molar-refractivity contribution in [2.75, 3.05) is 11.9 Å². The van der Waals surface area contributed by atoms with Crippen molar-refractivity contribution < 1.29 is 9.84 Å². The van der Waals surface area contributed by atoms with Crippen molar-refractivity contribution >= 4 is 17.3 Å². The van der Waals surface area contributed by atoms with Crippen LogP contribution in [0.1, 0.15) is 36.6 Å². The van der Waals surface area contributed by atoms with Crippen LogP contribution in [0.5, 0.6) is 5.75 Å². The van der Waals surface area contributed by atoms with Gasteiger partial charge in [0.05, 0.1) is 18.8 Å². The van der Waals surface area contributed by atoms with Gasteiger partial charge in [-0.1, -0.05) is 54.1 Å². The molecule has 0 heterocycles. The molecular weight excluding hydrogens is 358 g/mol. The Labute approximate surface area is 165 Å². The molecule has 2 unspecified atom stereocenters. The van der Waals surface area contributed by atoms with E-state index in [4.69, 9.17) is 16.3 Å². The molecule has 0 aliphatic heterocycles. The number of rotatable bonds is 8. The van der Waals surface area contributed by atoms with E-state index < -0.39 is 6.10 Å². The van der Waals surface area contributed by atoms with Crippen LogP contribution in [0.4, 0.5) is 5.69 Å². The topological polar surface area (TPSA) is 41.5 Å². The van der Waals surface area contributed by atoms with Gasteiger partial charge in [0.15, 0.2) is 0 Å². The van der Waals surface area contributed by atoms with Gasteiger partial charge >= 0.3 is 0 Å². The first kappa shape index (κ1) is 19.3. The number of aliphatic hydroxyl groups excluding tert-OH is 1. The number of aliphatic hydroxyl groups is 1. The van der Waals surface area contributed by atoms with Crippen molar-refractivity contribution in [3.05, 3.63) is 95.0 Å². The predicted molar refractivity (Wildman–Crippen MR) is 111 cm³/mol. The molecule has 0 radical (unpaired) electrons. The minimum Gasteiger partial charge on any atom is -0.494 e. The van der Waals surface area contributed by atoms with Crippen LogP contribution in [0.15, 0.2) is 78.9 Å². The number of ether oxygens (including phenoxy) is 1. The molecule has 0 amide bonds. The smallest absolute Gasteiger partial charge is 0.119 e. The maximum Gasteiger partial charge on any atom is 0.119 e. The molecular formula is C23H24ClNO2. The summed E-state index contributed by atoms with van der Waals surface area (Å²) < 4.78 is 5.50. The Kier molecular flexibility index (Phi) is 6.74. The van der Waals surface area contributed by atoms with Gasteiger partial charge in [-0.2, -0.15) is 0 Å². The maximum atomic E-state index is 10.7. The largest absolute Gasteiger partial charge is 0.494 e. The fraction of sp³-hybridized carbons (Fsp3) is 0.217. The average molecular weight is 382 g/mol. The summed E-state index contributed by atoms with van der Waals surface area (Å²) in [6.45, 7) is 2.61. The van der Waals surface area contributed by atoms with Gasteiger partial charge in [-0.3, -0.25) is 0 Å². The predicted octanol–water partition coefficient (Wildman–Crippen LogP) is 6.02. The van der Waals surface area contributed by atoms with Crippen LogP contribution < -0.4 is 10.1 Å². The van der Waals surface area contributed by atoms with E-state index in [0.29, 0.717) is 18.1 Å². The van der Waals surface area contributed by atoms with Crippen molar-refractivity contribution in [2.24, 2.45) is 0 Å². The van der Waals surface area contributed by atoms with Crippen molar-refractivity contribution in [1.29, 1.82) is 0 Å². The van der Waals surface area contributed by atoms with Gasteiger partial charge in [0.1, 0.15) is 5.75 Å². The second-order valence-corrected chi connectivity index (χ2v) is 6.80. The van der Waals surface area contributed by atoms with Gasteiger partial charge in [-0.05, 0) is 54.4 Å². The molecule has 3 aromatic carbocycles. The van der Waals surface area contributed by atoms with E-state index in [0.717, 1.165) is 22.6 Å². The van der Waals surface area contributed by atoms with E-state index in [2.05, 4.69) is 17.4 Å². The highest BCUT2D eigenvalue weighted by molar-refractivity contribution is 6.30. The Morgan fingerprint density at radius 3 is 2.19 bits per heavy atom. The Bertz CT molecular complexity index is 819. The quantitative estimate of drug-likeness (QED) is 0.501. The minimum absolute atomic E-state index is 0.0326. The first-order chi connectivity index (χ1) is 13.2. The molecule has 0 spiro atoms. The molecule has 3 rings (SSSR count). The standard InChI is InChI=1S/C23H24ClNO2/c1-2-27-21-14-12-20(13-15-21)25-22(17-6-4-3-5-7-17)16-23(26)18-8-10-19(24)11-9-18/h3-15,22-23,25-26H,2,16H2,1H3. The molecule has 4 heteroatoms. The monoisotopic (exact) mass is 381 g/mol. The van der Waals surface area contributed by atoms with E-state index in [1.54, 1.807) is 12.1 Å². The third-order valence-corrected chi connectivity index (χ3v) is 4.67. The van der Waals surface area contributed by atoms with Crippen LogP contribution in [0.25, 0.3) is 0 Å². The number of nitrogens with one attached hydrogen (secondary N) is 1. The highest BCUT2D eigenvalue weighted by atomic mass is 35.5. The summed E-state index contributed by atoms with van der Waals surface area (Å²) in [7, 11) is 0. The molecule has 0 bridgehead atoms. The van der Waals surface area contributed by atoms with E-state index >= 15 is 0 Å². The summed E-state index contributed by atoms with van der Waals surface area (Å²) in [5.41, 5.74) is 2.96. The fourth-order valence-electron chi connectivity index (χ4n) is 3.02. The molecule has 3 nitrogen and oxygen atoms in total. The lowest BCUT2D eigenvalue weighted by atomic mass is 9.96. The Morgan fingerprint density at radius 2 is 1.56 bits per heavy atom. The highest BCUT2D eigenvalue weighted by Gasteiger charge is 2.18. The first-order valence-electron chi connectivity index (χ1n) is 9.13. The summed E-state index contributed by atoms with van der Waals surface area (Å²) in [5.74, 6) is 0.848. The van der Waals surface area contributed by atoms with Crippen LogP contribution >= 0.6 is 11.6 Å². The molecule has 140 valence electrons. The van der Waals surface area contributed by atoms with Crippen LogP contribution in [-0.2, 0) is 0 Å². The Balaban J connectivity index is 1.77. The first-order valence-corrected chi connectivity index (χ1v) is 9.51. The Morgan fingerprint density at radius 1 is 0.889 bits per heavy atom. The summed E-state index contributed by atoms with van der Waals surface area (Å²) >= 11 is 5.96. The zero-order valence-corrected chi connectivity index (χ0v) is 16.1. The zero-order valence-electron chi connectivity index (χ0n) is 15.3. The van der Waals surface area contributed by atoms with Gasteiger partial charge in [-0.25, -0.2) is 0 Å². The summed E-state index contributed by atoms with van der Waals surface area (Å²) in [4.78, 5) is 0. The van der Waals surface area contributed by atoms with Crippen molar-refractivity contribution in [3.8, 4) is 5.75 Å². The van der Waals surface area contributed by atoms with Crippen LogP contribution in [0.3, 0.4) is 0 Å². The van der Waals surface area contributed by atoms with Crippen molar-refractivity contribution in [2.45, 2.75) is 25.5 Å². The molecule has 0 saturated carbocycles. The van der Waals surface area contributed by atoms with Gasteiger partial charge in [-0.15, -0.1) is 0 Å². The molecule has 27 heavy (non-hydrogen) atoms. The van der Waals surface area contributed by atoms with Gasteiger partial charge in [0, 0.05) is 17.1 Å². The second-order valence-electron chi connectivity index (χ2n) is 6.37. The van der Waals surface area contributed by atoms with Gasteiger partial charge in [0.2, 0.25) is 0 Å². The molecule has 0 aromatic heterocycles. The number of halogens is 1. The van der Waals surface area contributed by atoms with Gasteiger partial charge < -0.3 is 15.2 Å². The summed E-state index contributed by atoms with van der Waals surface area (Å²) in [6.07, 6.45) is -0.0542. The third kappa shape index (κ3) is 5.49. The third-order valence-electron chi connectivity index (χ3n) is 4.42. The minimum atomic E-state index is -0.595. The van der Waals surface area contributed by atoms with Crippen LogP contribution in [-0.4, -0.2) is 11.7 Å². The molecule has 0 aliphatic rings. The lowest BCUT2D eigenvalue weighted by molar-refractivity contribution is 0.160. The zero-order chi connectivity index (χ0) is 19.1. The van der Waals surface area contributed by atoms with E-state index in [9.17, 15) is 5.11 Å². The molecule has 0 aliphatic carbocycles. The lowest BCUT2D eigenvalue weighted by Crippen LogP contribution is -2.14. The molecule has 2 atom stereocenters. The molecule has 3 aromatic rings. The number of benzene rings is 3. The highest BCUT2D eigenvalue weighted by Crippen LogP contribution is 2.30. The average Bonchev–Trinajstić information content (AvgIpc) is 2.70. The fourth-order valence-corrected chi connectivity index (χ4v) is 3.15. The SMILES string of the molecule is CCOc1ccc(NC(CC(O)c2ccc(Cl)cc2)c2ccccc2)cc1. The number of hydrogen-bond donors (Lipinski definition) is 2. The molecule has 2 N–H and O–H groups in total. The normalized spacial score (nSPS) is 13.0. The summed E-state index contributed by atoms with van der Waals surface area (Å²) in [6, 6.07) is 25.3. The molecule has 0 fully saturated rings. The van der Waals surface area contributed by atoms with Gasteiger partial charge in [0.25, 0.3) is 0 Å². The van der Waals surface area contributed by atoms with E-state index in [-0.39, 0.29) is 6.04 Å². The van der Waals surface area contributed by atoms with Crippen molar-refractivity contribution in [3.63, 3.8) is 0 Å². The Hall–Kier alpha value is -2.49.